The van der Waals surface area contributed by atoms with Crippen LogP contribution in [0.2, 0.25) is 0 Å². The lowest BCUT2D eigenvalue weighted by Gasteiger charge is -2.23. The maximum atomic E-state index is 11.9. The van der Waals surface area contributed by atoms with E-state index in [-0.39, 0.29) is 17.1 Å². The fraction of sp³-hybridized carbons (Fsp3) is 0.500. The van der Waals surface area contributed by atoms with Gasteiger partial charge in [-0.25, -0.2) is 4.98 Å². The molecule has 1 atom stereocenters. The minimum atomic E-state index is -0.501. The van der Waals surface area contributed by atoms with E-state index in [2.05, 4.69) is 4.98 Å². The van der Waals surface area contributed by atoms with Gasteiger partial charge in [-0.15, -0.1) is 0 Å². The van der Waals surface area contributed by atoms with Crippen molar-refractivity contribution >= 4 is 5.97 Å². The summed E-state index contributed by atoms with van der Waals surface area (Å²) in [6, 6.07) is 1.80. The molecule has 0 bridgehead atoms. The molecule has 6 heteroatoms. The van der Waals surface area contributed by atoms with Gasteiger partial charge in [0.05, 0.1) is 12.8 Å². The molecule has 18 heavy (non-hydrogen) atoms. The second-order valence-electron chi connectivity index (χ2n) is 4.05. The zero-order valence-corrected chi connectivity index (χ0v) is 10.0. The number of nitrogens with zero attached hydrogens (tertiary/aromatic N) is 3. The molecule has 0 saturated carbocycles. The molecule has 0 spiro atoms. The Hall–Kier alpha value is -2.16. The van der Waals surface area contributed by atoms with Crippen LogP contribution in [0, 0.1) is 11.3 Å². The predicted octanol–water partition coefficient (Wildman–Crippen LogP) is 0.555. The number of carbonyl (C=O) groups excluding carboxylic acids is 1. The molecule has 1 aromatic heterocycles. The Morgan fingerprint density at radius 2 is 2.50 bits per heavy atom. The summed E-state index contributed by atoms with van der Waals surface area (Å²) < 4.78 is 6.38. The van der Waals surface area contributed by atoms with Gasteiger partial charge >= 0.3 is 5.97 Å². The Labute approximate surface area is 104 Å². The van der Waals surface area contributed by atoms with Crippen molar-refractivity contribution in [3.63, 3.8) is 0 Å². The first-order chi connectivity index (χ1) is 8.69. The van der Waals surface area contributed by atoms with Crippen molar-refractivity contribution in [3.8, 4) is 6.07 Å². The maximum absolute atomic E-state index is 11.9. The van der Waals surface area contributed by atoms with E-state index in [4.69, 9.17) is 10.00 Å². The number of nitriles is 1. The molecule has 2 heterocycles. The summed E-state index contributed by atoms with van der Waals surface area (Å²) in [5.74, 6) is -0.453. The van der Waals surface area contributed by atoms with Crippen LogP contribution in [0.5, 0.6) is 0 Å². The molecule has 0 aliphatic carbocycles. The molecular formula is C12H13N3O3. The van der Waals surface area contributed by atoms with Crippen LogP contribution in [0.1, 0.15) is 37.1 Å². The average Bonchev–Trinajstić information content (AvgIpc) is 2.39. The fourth-order valence-electron chi connectivity index (χ4n) is 2.12. The number of ether oxygens (including phenoxy) is 1. The molecule has 0 aromatic carbocycles. The number of carbonyl (C=O) groups is 1. The van der Waals surface area contributed by atoms with Gasteiger partial charge in [0.15, 0.2) is 0 Å². The quantitative estimate of drug-likeness (QED) is 0.713. The zero-order valence-electron chi connectivity index (χ0n) is 10.0. The second kappa shape index (κ2) is 5.00. The highest BCUT2D eigenvalue weighted by atomic mass is 16.5. The van der Waals surface area contributed by atoms with Crippen molar-refractivity contribution < 1.29 is 9.53 Å². The Kier molecular flexibility index (Phi) is 3.42. The number of fused-ring (bicyclic) bond motifs is 1. The Balaban J connectivity index is 2.46. The molecule has 94 valence electrons. The summed E-state index contributed by atoms with van der Waals surface area (Å²) in [6.07, 6.45) is 2.55. The number of esters is 1. The lowest BCUT2D eigenvalue weighted by Crippen LogP contribution is -2.34. The monoisotopic (exact) mass is 247 g/mol. The third-order valence-electron chi connectivity index (χ3n) is 2.96. The van der Waals surface area contributed by atoms with Crippen molar-refractivity contribution in [1.82, 2.24) is 9.55 Å². The molecular weight excluding hydrogens is 234 g/mol. The molecule has 0 amide bonds. The van der Waals surface area contributed by atoms with Gasteiger partial charge in [0.25, 0.3) is 5.56 Å². The van der Waals surface area contributed by atoms with Gasteiger partial charge in [-0.3, -0.25) is 14.2 Å². The average molecular weight is 247 g/mol. The second-order valence-corrected chi connectivity index (χ2v) is 4.05. The third kappa shape index (κ3) is 1.99. The van der Waals surface area contributed by atoms with E-state index in [9.17, 15) is 9.59 Å². The van der Waals surface area contributed by atoms with Crippen LogP contribution in [-0.4, -0.2) is 22.1 Å². The summed E-state index contributed by atoms with van der Waals surface area (Å²) in [5.41, 5.74) is -0.375. The Morgan fingerprint density at radius 3 is 3.17 bits per heavy atom. The molecule has 6 nitrogen and oxygen atoms in total. The van der Waals surface area contributed by atoms with Crippen LogP contribution in [0.15, 0.2) is 11.0 Å². The summed E-state index contributed by atoms with van der Waals surface area (Å²) in [4.78, 5) is 27.8. The Morgan fingerprint density at radius 1 is 1.72 bits per heavy atom. The molecule has 0 radical (unpaired) electrons. The van der Waals surface area contributed by atoms with Crippen molar-refractivity contribution in [1.29, 1.82) is 5.26 Å². The van der Waals surface area contributed by atoms with Crippen LogP contribution < -0.4 is 5.56 Å². The molecule has 1 aliphatic heterocycles. The van der Waals surface area contributed by atoms with Crippen LogP contribution in [0.3, 0.4) is 0 Å². The molecule has 1 aromatic rings. The van der Waals surface area contributed by atoms with Gasteiger partial charge in [-0.1, -0.05) is 0 Å². The normalized spacial score (nSPS) is 17.7. The standard InChI is InChI=1S/C12H13N3O3/c1-2-18-12(17)9-4-3-5-15-10(9)14-7-8(6-13)11(15)16/h7,9H,2-5H2,1H3. The first-order valence-corrected chi connectivity index (χ1v) is 5.85. The van der Waals surface area contributed by atoms with E-state index in [0.29, 0.717) is 31.8 Å². The van der Waals surface area contributed by atoms with E-state index in [1.54, 1.807) is 13.0 Å². The first kappa shape index (κ1) is 12.3. The van der Waals surface area contributed by atoms with Gasteiger partial charge in [0.1, 0.15) is 23.4 Å². The summed E-state index contributed by atoms with van der Waals surface area (Å²) in [7, 11) is 0. The van der Waals surface area contributed by atoms with Gasteiger partial charge < -0.3 is 4.74 Å². The highest BCUT2D eigenvalue weighted by Gasteiger charge is 2.30. The first-order valence-electron chi connectivity index (χ1n) is 5.85. The van der Waals surface area contributed by atoms with E-state index in [0.717, 1.165) is 0 Å². The molecule has 0 N–H and O–H groups in total. The summed E-state index contributed by atoms with van der Waals surface area (Å²) in [6.45, 7) is 2.53. The Bertz CT molecular complexity index is 571. The minimum absolute atomic E-state index is 0.00302. The predicted molar refractivity (Wildman–Crippen MR) is 61.8 cm³/mol. The fourth-order valence-corrected chi connectivity index (χ4v) is 2.12. The van der Waals surface area contributed by atoms with Crippen molar-refractivity contribution in [2.24, 2.45) is 0 Å². The van der Waals surface area contributed by atoms with E-state index < -0.39 is 5.92 Å². The molecule has 2 rings (SSSR count). The highest BCUT2D eigenvalue weighted by Crippen LogP contribution is 2.25. The third-order valence-corrected chi connectivity index (χ3v) is 2.96. The molecule has 0 fully saturated rings. The topological polar surface area (TPSA) is 85.0 Å². The molecule has 1 unspecified atom stereocenters. The maximum Gasteiger partial charge on any atom is 0.316 e. The number of hydrogen-bond acceptors (Lipinski definition) is 5. The lowest BCUT2D eigenvalue weighted by atomic mass is 9.98. The van der Waals surface area contributed by atoms with Gasteiger partial charge in [0.2, 0.25) is 0 Å². The van der Waals surface area contributed by atoms with Gasteiger partial charge in [0, 0.05) is 6.54 Å². The number of rotatable bonds is 2. The number of aromatic nitrogens is 2. The van der Waals surface area contributed by atoms with Gasteiger partial charge in [-0.05, 0) is 19.8 Å². The van der Waals surface area contributed by atoms with Crippen LogP contribution >= 0.6 is 0 Å². The zero-order chi connectivity index (χ0) is 13.1. The van der Waals surface area contributed by atoms with E-state index >= 15 is 0 Å². The van der Waals surface area contributed by atoms with E-state index in [1.807, 2.05) is 0 Å². The van der Waals surface area contributed by atoms with Crippen LogP contribution in [-0.2, 0) is 16.1 Å². The summed E-state index contributed by atoms with van der Waals surface area (Å²) in [5, 5.41) is 8.78. The van der Waals surface area contributed by atoms with Crippen LogP contribution in [0.25, 0.3) is 0 Å². The van der Waals surface area contributed by atoms with E-state index in [1.165, 1.54) is 10.8 Å². The van der Waals surface area contributed by atoms with Crippen molar-refractivity contribution in [2.45, 2.75) is 32.2 Å². The van der Waals surface area contributed by atoms with Crippen molar-refractivity contribution in [2.75, 3.05) is 6.61 Å². The smallest absolute Gasteiger partial charge is 0.316 e. The van der Waals surface area contributed by atoms with Gasteiger partial charge in [-0.2, -0.15) is 5.26 Å². The summed E-state index contributed by atoms with van der Waals surface area (Å²) >= 11 is 0. The lowest BCUT2D eigenvalue weighted by molar-refractivity contribution is -0.145. The van der Waals surface area contributed by atoms with Crippen LogP contribution in [0.4, 0.5) is 0 Å². The molecule has 0 saturated heterocycles. The largest absolute Gasteiger partial charge is 0.465 e. The number of hydrogen-bond donors (Lipinski definition) is 0. The van der Waals surface area contributed by atoms with Crippen molar-refractivity contribution in [3.05, 3.63) is 27.9 Å². The SMILES string of the molecule is CCOC(=O)C1CCCn2c1ncc(C#N)c2=O. The molecule has 1 aliphatic rings. The highest BCUT2D eigenvalue weighted by molar-refractivity contribution is 5.77. The minimum Gasteiger partial charge on any atom is -0.465 e.